The predicted octanol–water partition coefficient (Wildman–Crippen LogP) is 4.17. The van der Waals surface area contributed by atoms with Crippen LogP contribution in [0.15, 0.2) is 29.2 Å². The van der Waals surface area contributed by atoms with Crippen LogP contribution in [-0.4, -0.2) is 47.6 Å². The number of nitrogens with zero attached hydrogens (tertiary/aromatic N) is 2. The second-order valence-electron chi connectivity index (χ2n) is 8.86. The Bertz CT molecular complexity index is 935. The van der Waals surface area contributed by atoms with Gasteiger partial charge in [-0.3, -0.25) is 10.00 Å². The number of aryl methyl sites for hydroxylation is 3. The summed E-state index contributed by atoms with van der Waals surface area (Å²) in [5.41, 5.74) is 2.54. The topological polar surface area (TPSA) is 75.3 Å². The molecule has 3 atom stereocenters. The molecule has 2 bridgehead atoms. The van der Waals surface area contributed by atoms with Crippen molar-refractivity contribution in [3.8, 4) is 5.75 Å². The highest BCUT2D eigenvalue weighted by Crippen LogP contribution is 2.38. The zero-order valence-electron chi connectivity index (χ0n) is 18.2. The smallest absolute Gasteiger partial charge is 0.195 e. The van der Waals surface area contributed by atoms with Gasteiger partial charge in [-0.25, -0.2) is 8.42 Å². The number of aromatic nitrogens is 2. The molecule has 0 radical (unpaired) electrons. The molecule has 1 N–H and O–H groups in total. The summed E-state index contributed by atoms with van der Waals surface area (Å²) in [5.74, 6) is 0.993. The van der Waals surface area contributed by atoms with E-state index in [1.165, 1.54) is 18.4 Å². The quantitative estimate of drug-likeness (QED) is 0.679. The predicted molar refractivity (Wildman–Crippen MR) is 117 cm³/mol. The van der Waals surface area contributed by atoms with E-state index in [1.807, 2.05) is 0 Å². The molecule has 0 aliphatic carbocycles. The van der Waals surface area contributed by atoms with Crippen LogP contribution in [0.1, 0.15) is 62.4 Å². The highest BCUT2D eigenvalue weighted by Gasteiger charge is 2.43. The molecule has 2 fully saturated rings. The van der Waals surface area contributed by atoms with Crippen molar-refractivity contribution >= 4 is 9.84 Å². The van der Waals surface area contributed by atoms with Crippen LogP contribution in [0.3, 0.4) is 0 Å². The lowest BCUT2D eigenvalue weighted by atomic mass is 10.0. The standard InChI is InChI=1S/C23H33N3O3S/c1-4-5-6-18-7-11-21(12-8-18)29-22-13-19-9-10-20(14-22)26(19)15-30(27,28)23-16(2)24-25-17(23)3/h7-8,11-12,19-20,22H,4-6,9-10,13-15H2,1-3H3,(H,24,25)/t19-,20+,22+. The number of piperidine rings is 1. The molecule has 30 heavy (non-hydrogen) atoms. The molecule has 6 nitrogen and oxygen atoms in total. The number of benzene rings is 1. The summed E-state index contributed by atoms with van der Waals surface area (Å²) in [6.45, 7) is 5.73. The molecular formula is C23H33N3O3S. The van der Waals surface area contributed by atoms with Gasteiger partial charge in [0.25, 0.3) is 0 Å². The van der Waals surface area contributed by atoms with Crippen molar-refractivity contribution in [3.63, 3.8) is 0 Å². The van der Waals surface area contributed by atoms with Gasteiger partial charge in [-0.15, -0.1) is 0 Å². The average Bonchev–Trinajstić information content (AvgIpc) is 3.15. The number of aromatic amines is 1. The van der Waals surface area contributed by atoms with Crippen molar-refractivity contribution in [3.05, 3.63) is 41.2 Å². The third kappa shape index (κ3) is 4.42. The van der Waals surface area contributed by atoms with Gasteiger partial charge < -0.3 is 4.74 Å². The molecule has 7 heteroatoms. The number of nitrogens with one attached hydrogen (secondary N) is 1. The van der Waals surface area contributed by atoms with E-state index in [0.717, 1.165) is 37.9 Å². The Balaban J connectivity index is 1.39. The van der Waals surface area contributed by atoms with Crippen molar-refractivity contribution < 1.29 is 13.2 Å². The number of fused-ring (bicyclic) bond motifs is 2. The Morgan fingerprint density at radius 3 is 2.37 bits per heavy atom. The highest BCUT2D eigenvalue weighted by atomic mass is 32.2. The van der Waals surface area contributed by atoms with Crippen molar-refractivity contribution in [1.29, 1.82) is 0 Å². The Morgan fingerprint density at radius 1 is 1.13 bits per heavy atom. The summed E-state index contributed by atoms with van der Waals surface area (Å²) in [6, 6.07) is 9.01. The number of sulfone groups is 1. The number of H-pyrrole nitrogens is 1. The first-order valence-electron chi connectivity index (χ1n) is 11.1. The molecule has 2 aromatic rings. The largest absolute Gasteiger partial charge is 0.490 e. The maximum Gasteiger partial charge on any atom is 0.195 e. The second-order valence-corrected chi connectivity index (χ2v) is 10.8. The molecule has 1 aromatic heterocycles. The van der Waals surface area contributed by atoms with Gasteiger partial charge in [0.05, 0.1) is 11.4 Å². The molecule has 3 heterocycles. The Labute approximate surface area is 179 Å². The SMILES string of the molecule is CCCCc1ccc(O[C@H]2C[C@H]3CC[C@@H](C2)N3CS(=O)(=O)c2c(C)n[nH]c2C)cc1. The molecule has 1 aromatic carbocycles. The Morgan fingerprint density at radius 2 is 1.80 bits per heavy atom. The first-order chi connectivity index (χ1) is 14.4. The van der Waals surface area contributed by atoms with Crippen LogP contribution in [0.5, 0.6) is 5.75 Å². The van der Waals surface area contributed by atoms with Gasteiger partial charge in [0, 0.05) is 12.1 Å². The van der Waals surface area contributed by atoms with Crippen molar-refractivity contribution in [2.24, 2.45) is 0 Å². The maximum absolute atomic E-state index is 13.1. The monoisotopic (exact) mass is 431 g/mol. The van der Waals surface area contributed by atoms with E-state index in [-0.39, 0.29) is 24.1 Å². The van der Waals surface area contributed by atoms with Crippen molar-refractivity contribution in [1.82, 2.24) is 15.1 Å². The maximum atomic E-state index is 13.1. The lowest BCUT2D eigenvalue weighted by Gasteiger charge is -2.38. The molecule has 2 aliphatic rings. The highest BCUT2D eigenvalue weighted by molar-refractivity contribution is 7.91. The number of unbranched alkanes of at least 4 members (excludes halogenated alkanes) is 1. The third-order valence-electron chi connectivity index (χ3n) is 6.58. The Kier molecular flexibility index (Phi) is 6.21. The fraction of sp³-hybridized carbons (Fsp3) is 0.609. The molecule has 0 spiro atoms. The number of hydrogen-bond donors (Lipinski definition) is 1. The zero-order chi connectivity index (χ0) is 21.3. The van der Waals surface area contributed by atoms with Crippen LogP contribution in [0.25, 0.3) is 0 Å². The summed E-state index contributed by atoms with van der Waals surface area (Å²) in [4.78, 5) is 2.55. The molecule has 0 unspecified atom stereocenters. The van der Waals surface area contributed by atoms with E-state index in [1.54, 1.807) is 13.8 Å². The van der Waals surface area contributed by atoms with Gasteiger partial charge in [0.1, 0.15) is 22.6 Å². The van der Waals surface area contributed by atoms with Crippen LogP contribution in [0, 0.1) is 13.8 Å². The molecule has 0 saturated carbocycles. The lowest BCUT2D eigenvalue weighted by molar-refractivity contribution is 0.0609. The Hall–Kier alpha value is -1.86. The molecule has 2 aliphatic heterocycles. The van der Waals surface area contributed by atoms with Gasteiger partial charge in [0.2, 0.25) is 0 Å². The average molecular weight is 432 g/mol. The minimum Gasteiger partial charge on any atom is -0.490 e. The summed E-state index contributed by atoms with van der Waals surface area (Å²) < 4.78 is 32.4. The second kappa shape index (κ2) is 8.71. The first kappa shape index (κ1) is 21.4. The molecular weight excluding hydrogens is 398 g/mol. The minimum atomic E-state index is -3.40. The summed E-state index contributed by atoms with van der Waals surface area (Å²) in [5, 5.41) is 6.87. The fourth-order valence-corrected chi connectivity index (χ4v) is 7.05. The molecule has 4 rings (SSSR count). The molecule has 2 saturated heterocycles. The zero-order valence-corrected chi connectivity index (χ0v) is 19.0. The third-order valence-corrected chi connectivity index (χ3v) is 8.44. The van der Waals surface area contributed by atoms with Crippen LogP contribution >= 0.6 is 0 Å². The number of hydrogen-bond acceptors (Lipinski definition) is 5. The number of ether oxygens (including phenoxy) is 1. The first-order valence-corrected chi connectivity index (χ1v) is 12.8. The lowest BCUT2D eigenvalue weighted by Crippen LogP contribution is -2.48. The van der Waals surface area contributed by atoms with Crippen LogP contribution in [-0.2, 0) is 16.3 Å². The van der Waals surface area contributed by atoms with Crippen LogP contribution in [0.2, 0.25) is 0 Å². The fourth-order valence-electron chi connectivity index (χ4n) is 5.10. The number of rotatable bonds is 8. The van der Waals surface area contributed by atoms with Crippen molar-refractivity contribution in [2.45, 2.75) is 88.8 Å². The van der Waals surface area contributed by atoms with E-state index < -0.39 is 9.84 Å². The normalized spacial score (nSPS) is 24.3. The van der Waals surface area contributed by atoms with E-state index in [9.17, 15) is 8.42 Å². The van der Waals surface area contributed by atoms with E-state index in [2.05, 4.69) is 46.3 Å². The molecule has 0 amide bonds. The summed E-state index contributed by atoms with van der Waals surface area (Å²) in [6.07, 6.45) is 7.53. The summed E-state index contributed by atoms with van der Waals surface area (Å²) in [7, 11) is -3.40. The van der Waals surface area contributed by atoms with E-state index >= 15 is 0 Å². The van der Waals surface area contributed by atoms with E-state index in [0.29, 0.717) is 16.3 Å². The van der Waals surface area contributed by atoms with Crippen LogP contribution < -0.4 is 4.74 Å². The van der Waals surface area contributed by atoms with Gasteiger partial charge in [-0.05, 0) is 70.1 Å². The van der Waals surface area contributed by atoms with Gasteiger partial charge >= 0.3 is 0 Å². The van der Waals surface area contributed by atoms with E-state index in [4.69, 9.17) is 4.74 Å². The van der Waals surface area contributed by atoms with Gasteiger partial charge in [0.15, 0.2) is 9.84 Å². The molecule has 164 valence electrons. The minimum absolute atomic E-state index is 0.0718. The van der Waals surface area contributed by atoms with Gasteiger partial charge in [-0.2, -0.15) is 5.10 Å². The van der Waals surface area contributed by atoms with Gasteiger partial charge in [-0.1, -0.05) is 25.5 Å². The summed E-state index contributed by atoms with van der Waals surface area (Å²) >= 11 is 0. The van der Waals surface area contributed by atoms with Crippen molar-refractivity contribution in [2.75, 3.05) is 5.88 Å². The van der Waals surface area contributed by atoms with Crippen LogP contribution in [0.4, 0.5) is 0 Å².